The van der Waals surface area contributed by atoms with Gasteiger partial charge in [-0.3, -0.25) is 14.3 Å². The van der Waals surface area contributed by atoms with Crippen LogP contribution in [0, 0.1) is 0 Å². The number of hydrogen-bond donors (Lipinski definition) is 0. The normalized spacial score (nSPS) is 25.3. The van der Waals surface area contributed by atoms with E-state index in [0.29, 0.717) is 25.9 Å². The van der Waals surface area contributed by atoms with E-state index in [1.165, 1.54) is 0 Å². The van der Waals surface area contributed by atoms with Crippen LogP contribution in [0.4, 0.5) is 0 Å². The van der Waals surface area contributed by atoms with Crippen molar-refractivity contribution in [3.8, 4) is 0 Å². The SMILES string of the molecule is CN1C(=O)CO[C@H]2CN(C(=O)CCc3ccnn3C)C[C@@H]21. The number of carbonyl (C=O) groups excluding carboxylic acids is 2. The van der Waals surface area contributed by atoms with Crippen molar-refractivity contribution in [2.45, 2.75) is 25.0 Å². The number of likely N-dealkylation sites (tertiary alicyclic amines) is 1. The minimum absolute atomic E-state index is 0.00750. The molecule has 1 aromatic rings. The molecule has 0 radical (unpaired) electrons. The standard InChI is InChI=1S/C14H20N4O3/c1-16-11-7-18(8-12(11)21-9-14(16)20)13(19)4-3-10-5-6-15-17(10)2/h5-6,11-12H,3-4,7-9H2,1-2H3/t11-,12-/m0/s1. The summed E-state index contributed by atoms with van der Waals surface area (Å²) in [6.07, 6.45) is 2.82. The molecule has 2 atom stereocenters. The summed E-state index contributed by atoms with van der Waals surface area (Å²) >= 11 is 0. The van der Waals surface area contributed by atoms with Crippen molar-refractivity contribution in [3.05, 3.63) is 18.0 Å². The molecule has 21 heavy (non-hydrogen) atoms. The molecule has 0 N–H and O–H groups in total. The zero-order valence-corrected chi connectivity index (χ0v) is 12.4. The lowest BCUT2D eigenvalue weighted by atomic mass is 10.1. The molecule has 0 spiro atoms. The van der Waals surface area contributed by atoms with Gasteiger partial charge < -0.3 is 14.5 Å². The second kappa shape index (κ2) is 5.48. The van der Waals surface area contributed by atoms with E-state index in [-0.39, 0.29) is 30.6 Å². The minimum atomic E-state index is -0.0478. The molecule has 114 valence electrons. The number of likely N-dealkylation sites (N-methyl/N-ethyl adjacent to an activating group) is 1. The molecule has 1 aromatic heterocycles. The first kappa shape index (κ1) is 14.1. The van der Waals surface area contributed by atoms with E-state index in [4.69, 9.17) is 4.74 Å². The highest BCUT2D eigenvalue weighted by Gasteiger charge is 2.42. The third kappa shape index (κ3) is 2.65. The second-order valence-electron chi connectivity index (χ2n) is 5.67. The predicted molar refractivity (Wildman–Crippen MR) is 74.4 cm³/mol. The Labute approximate surface area is 123 Å². The van der Waals surface area contributed by atoms with Gasteiger partial charge >= 0.3 is 0 Å². The third-order valence-electron chi connectivity index (χ3n) is 4.42. The summed E-state index contributed by atoms with van der Waals surface area (Å²) in [7, 11) is 3.66. The Hall–Kier alpha value is -1.89. The van der Waals surface area contributed by atoms with Crippen LogP contribution in [-0.4, -0.2) is 70.3 Å². The molecule has 0 saturated carbocycles. The number of morpholine rings is 1. The molecular formula is C14H20N4O3. The average molecular weight is 292 g/mol. The summed E-state index contributed by atoms with van der Waals surface area (Å²) in [4.78, 5) is 27.5. The monoisotopic (exact) mass is 292 g/mol. The van der Waals surface area contributed by atoms with Crippen molar-refractivity contribution < 1.29 is 14.3 Å². The van der Waals surface area contributed by atoms with Gasteiger partial charge in [-0.05, 0) is 12.5 Å². The van der Waals surface area contributed by atoms with Crippen molar-refractivity contribution in [3.63, 3.8) is 0 Å². The fourth-order valence-electron chi connectivity index (χ4n) is 3.00. The summed E-state index contributed by atoms with van der Waals surface area (Å²) in [5, 5.41) is 4.10. The van der Waals surface area contributed by atoms with Crippen molar-refractivity contribution in [1.29, 1.82) is 0 Å². The van der Waals surface area contributed by atoms with Gasteiger partial charge in [0.05, 0.1) is 12.1 Å². The number of rotatable bonds is 3. The van der Waals surface area contributed by atoms with Crippen molar-refractivity contribution in [2.75, 3.05) is 26.7 Å². The fraction of sp³-hybridized carbons (Fsp3) is 0.643. The van der Waals surface area contributed by atoms with Crippen LogP contribution >= 0.6 is 0 Å². The minimum Gasteiger partial charge on any atom is -0.364 e. The summed E-state index contributed by atoms with van der Waals surface area (Å²) in [5.74, 6) is 0.0930. The van der Waals surface area contributed by atoms with Crippen molar-refractivity contribution in [1.82, 2.24) is 19.6 Å². The highest BCUT2D eigenvalue weighted by molar-refractivity contribution is 5.80. The van der Waals surface area contributed by atoms with E-state index < -0.39 is 0 Å². The number of fused-ring (bicyclic) bond motifs is 1. The molecule has 7 heteroatoms. The first-order chi connectivity index (χ1) is 10.1. The van der Waals surface area contributed by atoms with Crippen LogP contribution in [0.5, 0.6) is 0 Å². The maximum atomic E-state index is 12.3. The van der Waals surface area contributed by atoms with Crippen LogP contribution in [0.2, 0.25) is 0 Å². The van der Waals surface area contributed by atoms with Gasteiger partial charge in [-0.1, -0.05) is 0 Å². The number of amides is 2. The van der Waals surface area contributed by atoms with Gasteiger partial charge in [0.1, 0.15) is 6.61 Å². The molecule has 2 fully saturated rings. The van der Waals surface area contributed by atoms with Gasteiger partial charge in [0.25, 0.3) is 0 Å². The topological polar surface area (TPSA) is 67.7 Å². The largest absolute Gasteiger partial charge is 0.364 e. The smallest absolute Gasteiger partial charge is 0.248 e. The third-order valence-corrected chi connectivity index (χ3v) is 4.42. The Morgan fingerprint density at radius 1 is 1.43 bits per heavy atom. The van der Waals surface area contributed by atoms with E-state index in [0.717, 1.165) is 5.69 Å². The van der Waals surface area contributed by atoms with E-state index in [1.807, 2.05) is 13.1 Å². The van der Waals surface area contributed by atoms with Gasteiger partial charge in [0.15, 0.2) is 0 Å². The lowest BCUT2D eigenvalue weighted by Crippen LogP contribution is -2.51. The Balaban J connectivity index is 1.57. The zero-order chi connectivity index (χ0) is 15.0. The second-order valence-corrected chi connectivity index (χ2v) is 5.67. The Bertz CT molecular complexity index is 556. The Morgan fingerprint density at radius 3 is 2.95 bits per heavy atom. The van der Waals surface area contributed by atoms with Gasteiger partial charge in [-0.25, -0.2) is 0 Å². The molecule has 2 aliphatic heterocycles. The Kier molecular flexibility index (Phi) is 3.67. The van der Waals surface area contributed by atoms with Crippen LogP contribution in [0.3, 0.4) is 0 Å². The van der Waals surface area contributed by atoms with E-state index in [2.05, 4.69) is 5.10 Å². The van der Waals surface area contributed by atoms with Gasteiger partial charge in [0, 0.05) is 45.5 Å². The molecule has 2 aliphatic rings. The number of aromatic nitrogens is 2. The van der Waals surface area contributed by atoms with Gasteiger partial charge in [-0.2, -0.15) is 5.10 Å². The molecule has 3 heterocycles. The van der Waals surface area contributed by atoms with Crippen LogP contribution in [-0.2, 0) is 27.8 Å². The first-order valence-corrected chi connectivity index (χ1v) is 7.18. The average Bonchev–Trinajstić information content (AvgIpc) is 3.07. The van der Waals surface area contributed by atoms with Crippen LogP contribution in [0.15, 0.2) is 12.3 Å². The summed E-state index contributed by atoms with van der Waals surface area (Å²) < 4.78 is 7.32. The summed E-state index contributed by atoms with van der Waals surface area (Å²) in [5.41, 5.74) is 1.04. The fourth-order valence-corrected chi connectivity index (χ4v) is 3.00. The quantitative estimate of drug-likeness (QED) is 0.747. The van der Waals surface area contributed by atoms with Crippen LogP contribution in [0.25, 0.3) is 0 Å². The van der Waals surface area contributed by atoms with Crippen LogP contribution < -0.4 is 0 Å². The molecule has 3 rings (SSSR count). The highest BCUT2D eigenvalue weighted by Crippen LogP contribution is 2.23. The molecule has 2 amide bonds. The number of carbonyl (C=O) groups is 2. The van der Waals surface area contributed by atoms with E-state index in [1.54, 1.807) is 27.7 Å². The van der Waals surface area contributed by atoms with Crippen molar-refractivity contribution in [2.24, 2.45) is 7.05 Å². The van der Waals surface area contributed by atoms with Crippen LogP contribution in [0.1, 0.15) is 12.1 Å². The molecule has 0 aliphatic carbocycles. The van der Waals surface area contributed by atoms with E-state index >= 15 is 0 Å². The van der Waals surface area contributed by atoms with E-state index in [9.17, 15) is 9.59 Å². The molecule has 2 saturated heterocycles. The van der Waals surface area contributed by atoms with Gasteiger partial charge in [0.2, 0.25) is 11.8 Å². The van der Waals surface area contributed by atoms with Crippen molar-refractivity contribution >= 4 is 11.8 Å². The molecule has 7 nitrogen and oxygen atoms in total. The Morgan fingerprint density at radius 2 is 2.24 bits per heavy atom. The lowest BCUT2D eigenvalue weighted by Gasteiger charge is -2.33. The van der Waals surface area contributed by atoms with Gasteiger partial charge in [-0.15, -0.1) is 0 Å². The maximum absolute atomic E-state index is 12.3. The number of nitrogens with zero attached hydrogens (tertiary/aromatic N) is 4. The maximum Gasteiger partial charge on any atom is 0.248 e. The summed E-state index contributed by atoms with van der Waals surface area (Å²) in [6.45, 7) is 1.26. The predicted octanol–water partition coefficient (Wildman–Crippen LogP) is -0.579. The number of hydrogen-bond acceptors (Lipinski definition) is 4. The zero-order valence-electron chi connectivity index (χ0n) is 12.4. The highest BCUT2D eigenvalue weighted by atomic mass is 16.5. The molecule has 0 bridgehead atoms. The number of ether oxygens (including phenoxy) is 1. The number of aryl methyl sites for hydroxylation is 2. The molecule has 0 unspecified atom stereocenters. The summed E-state index contributed by atoms with van der Waals surface area (Å²) in [6, 6.07) is 1.92. The molecular weight excluding hydrogens is 272 g/mol. The molecule has 0 aromatic carbocycles. The first-order valence-electron chi connectivity index (χ1n) is 7.18. The lowest BCUT2D eigenvalue weighted by molar-refractivity contribution is -0.150.